The Morgan fingerprint density at radius 2 is 2.25 bits per heavy atom. The molecule has 0 aliphatic heterocycles. The van der Waals surface area contributed by atoms with Crippen molar-refractivity contribution in [1.29, 1.82) is 0 Å². The highest BCUT2D eigenvalue weighted by molar-refractivity contribution is 6.31. The van der Waals surface area contributed by atoms with Crippen LogP contribution in [0.1, 0.15) is 25.3 Å². The zero-order chi connectivity index (χ0) is 12.1. The molecule has 1 N–H and O–H groups in total. The number of halogens is 2. The Morgan fingerprint density at radius 3 is 2.88 bits per heavy atom. The van der Waals surface area contributed by atoms with Gasteiger partial charge in [0, 0.05) is 6.42 Å². The molecule has 0 radical (unpaired) electrons. The molecule has 0 fully saturated rings. The molecule has 16 heavy (non-hydrogen) atoms. The third-order valence-corrected chi connectivity index (χ3v) is 2.75. The number of carbonyl (C=O) groups excluding carboxylic acids is 1. The predicted molar refractivity (Wildman–Crippen MR) is 61.0 cm³/mol. The van der Waals surface area contributed by atoms with E-state index in [9.17, 15) is 14.3 Å². The summed E-state index contributed by atoms with van der Waals surface area (Å²) < 4.78 is 13.1. The Morgan fingerprint density at radius 1 is 1.56 bits per heavy atom. The quantitative estimate of drug-likeness (QED) is 0.865. The van der Waals surface area contributed by atoms with Gasteiger partial charge in [0.1, 0.15) is 11.9 Å². The van der Waals surface area contributed by atoms with Crippen molar-refractivity contribution < 1.29 is 14.3 Å². The lowest BCUT2D eigenvalue weighted by Gasteiger charge is -2.09. The van der Waals surface area contributed by atoms with Gasteiger partial charge < -0.3 is 5.11 Å². The van der Waals surface area contributed by atoms with E-state index in [4.69, 9.17) is 11.6 Å². The van der Waals surface area contributed by atoms with E-state index in [0.29, 0.717) is 12.0 Å². The molecule has 0 bridgehead atoms. The number of Topliss-reactive ketones (excluding diaryl/α,β-unsaturated/α-hetero) is 1. The lowest BCUT2D eigenvalue weighted by molar-refractivity contribution is -0.126. The van der Waals surface area contributed by atoms with Gasteiger partial charge in [-0.3, -0.25) is 4.79 Å². The maximum absolute atomic E-state index is 13.1. The van der Waals surface area contributed by atoms with Gasteiger partial charge in [-0.15, -0.1) is 0 Å². The first-order valence-corrected chi connectivity index (χ1v) is 5.57. The first-order chi connectivity index (χ1) is 7.56. The normalized spacial score (nSPS) is 12.5. The van der Waals surface area contributed by atoms with Gasteiger partial charge in [-0.25, -0.2) is 4.39 Å². The highest BCUT2D eigenvalue weighted by atomic mass is 35.5. The van der Waals surface area contributed by atoms with Gasteiger partial charge in [-0.2, -0.15) is 0 Å². The second-order valence-corrected chi connectivity index (χ2v) is 4.04. The van der Waals surface area contributed by atoms with E-state index in [1.165, 1.54) is 12.1 Å². The molecule has 1 aromatic carbocycles. The van der Waals surface area contributed by atoms with E-state index in [1.807, 2.05) is 6.92 Å². The van der Waals surface area contributed by atoms with E-state index >= 15 is 0 Å². The molecular weight excluding hydrogens is 231 g/mol. The maximum Gasteiger partial charge on any atom is 0.165 e. The highest BCUT2D eigenvalue weighted by Gasteiger charge is 2.16. The SMILES string of the molecule is CCCC(O)C(=O)Cc1cccc(F)c1Cl. The number of hydrogen-bond acceptors (Lipinski definition) is 2. The van der Waals surface area contributed by atoms with Crippen LogP contribution in [0.3, 0.4) is 0 Å². The van der Waals surface area contributed by atoms with Gasteiger partial charge in [-0.1, -0.05) is 37.1 Å². The summed E-state index contributed by atoms with van der Waals surface area (Å²) in [7, 11) is 0. The smallest absolute Gasteiger partial charge is 0.165 e. The van der Waals surface area contributed by atoms with Crippen LogP contribution < -0.4 is 0 Å². The second kappa shape index (κ2) is 5.97. The van der Waals surface area contributed by atoms with Crippen LogP contribution in [0.25, 0.3) is 0 Å². The van der Waals surface area contributed by atoms with Crippen LogP contribution in [-0.4, -0.2) is 17.0 Å². The highest BCUT2D eigenvalue weighted by Crippen LogP contribution is 2.20. The largest absolute Gasteiger partial charge is 0.385 e. The summed E-state index contributed by atoms with van der Waals surface area (Å²) in [6.45, 7) is 1.88. The summed E-state index contributed by atoms with van der Waals surface area (Å²) in [5.74, 6) is -0.869. The maximum atomic E-state index is 13.1. The van der Waals surface area contributed by atoms with Crippen LogP contribution in [0.4, 0.5) is 4.39 Å². The molecular formula is C12H14ClFO2. The molecule has 2 nitrogen and oxygen atoms in total. The van der Waals surface area contributed by atoms with Gasteiger partial charge in [0.05, 0.1) is 5.02 Å². The summed E-state index contributed by atoms with van der Waals surface area (Å²) in [5.41, 5.74) is 0.418. The zero-order valence-electron chi connectivity index (χ0n) is 9.04. The summed E-state index contributed by atoms with van der Waals surface area (Å²) in [6, 6.07) is 4.32. The minimum absolute atomic E-state index is 0.0300. The molecule has 0 aromatic heterocycles. The van der Waals surface area contributed by atoms with Crippen LogP contribution in [0, 0.1) is 5.82 Å². The lowest BCUT2D eigenvalue weighted by Crippen LogP contribution is -2.22. The first-order valence-electron chi connectivity index (χ1n) is 5.20. The number of aliphatic hydroxyl groups is 1. The second-order valence-electron chi connectivity index (χ2n) is 3.66. The van der Waals surface area contributed by atoms with Crippen molar-refractivity contribution in [2.45, 2.75) is 32.3 Å². The number of ketones is 1. The van der Waals surface area contributed by atoms with E-state index in [0.717, 1.165) is 6.42 Å². The topological polar surface area (TPSA) is 37.3 Å². The van der Waals surface area contributed by atoms with E-state index in [2.05, 4.69) is 0 Å². The Balaban J connectivity index is 2.73. The lowest BCUT2D eigenvalue weighted by atomic mass is 10.0. The summed E-state index contributed by atoms with van der Waals surface area (Å²) in [5, 5.41) is 9.41. The Bertz CT molecular complexity index is 379. The molecule has 4 heteroatoms. The number of hydrogen-bond donors (Lipinski definition) is 1. The summed E-state index contributed by atoms with van der Waals surface area (Å²) in [4.78, 5) is 11.5. The van der Waals surface area contributed by atoms with Crippen LogP contribution in [0.2, 0.25) is 5.02 Å². The molecule has 0 spiro atoms. The summed E-state index contributed by atoms with van der Waals surface area (Å²) >= 11 is 5.71. The number of carbonyl (C=O) groups is 1. The number of benzene rings is 1. The van der Waals surface area contributed by atoms with Crippen molar-refractivity contribution >= 4 is 17.4 Å². The van der Waals surface area contributed by atoms with E-state index in [-0.39, 0.29) is 17.2 Å². The fourth-order valence-electron chi connectivity index (χ4n) is 1.42. The van der Waals surface area contributed by atoms with Crippen LogP contribution >= 0.6 is 11.6 Å². The first kappa shape index (κ1) is 13.1. The van der Waals surface area contributed by atoms with Crippen molar-refractivity contribution in [2.24, 2.45) is 0 Å². The molecule has 1 atom stereocenters. The predicted octanol–water partition coefficient (Wildman–Crippen LogP) is 2.75. The number of rotatable bonds is 5. The van der Waals surface area contributed by atoms with E-state index in [1.54, 1.807) is 6.07 Å². The Kier molecular flexibility index (Phi) is 4.90. The Hall–Kier alpha value is -0.930. The molecule has 0 amide bonds. The van der Waals surface area contributed by atoms with Gasteiger partial charge in [0.2, 0.25) is 0 Å². The molecule has 0 saturated carbocycles. The van der Waals surface area contributed by atoms with Crippen LogP contribution in [0.15, 0.2) is 18.2 Å². The standard InChI is InChI=1S/C12H14ClFO2/c1-2-4-10(15)11(16)7-8-5-3-6-9(14)12(8)13/h3,5-6,10,15H,2,4,7H2,1H3. The molecule has 88 valence electrons. The Labute approximate surface area is 99.0 Å². The third-order valence-electron chi connectivity index (χ3n) is 2.33. The molecule has 1 rings (SSSR count). The fourth-order valence-corrected chi connectivity index (χ4v) is 1.62. The average Bonchev–Trinajstić information content (AvgIpc) is 2.25. The summed E-state index contributed by atoms with van der Waals surface area (Å²) in [6.07, 6.45) is 0.136. The van der Waals surface area contributed by atoms with Gasteiger partial charge in [0.15, 0.2) is 5.78 Å². The zero-order valence-corrected chi connectivity index (χ0v) is 9.80. The van der Waals surface area contributed by atoms with Crippen LogP contribution in [0.5, 0.6) is 0 Å². The van der Waals surface area contributed by atoms with Gasteiger partial charge >= 0.3 is 0 Å². The van der Waals surface area contributed by atoms with Crippen molar-refractivity contribution in [3.8, 4) is 0 Å². The molecule has 1 unspecified atom stereocenters. The van der Waals surface area contributed by atoms with Crippen molar-refractivity contribution in [3.63, 3.8) is 0 Å². The molecule has 0 heterocycles. The third kappa shape index (κ3) is 3.29. The average molecular weight is 245 g/mol. The van der Waals surface area contributed by atoms with Crippen molar-refractivity contribution in [1.82, 2.24) is 0 Å². The number of aliphatic hydroxyl groups excluding tert-OH is 1. The fraction of sp³-hybridized carbons (Fsp3) is 0.417. The molecule has 0 aliphatic rings. The minimum atomic E-state index is -0.982. The minimum Gasteiger partial charge on any atom is -0.385 e. The molecule has 0 aliphatic carbocycles. The van der Waals surface area contributed by atoms with Crippen molar-refractivity contribution in [2.75, 3.05) is 0 Å². The van der Waals surface area contributed by atoms with Gasteiger partial charge in [-0.05, 0) is 18.1 Å². The van der Waals surface area contributed by atoms with E-state index < -0.39 is 11.9 Å². The molecule has 1 aromatic rings. The van der Waals surface area contributed by atoms with Crippen molar-refractivity contribution in [3.05, 3.63) is 34.6 Å². The monoisotopic (exact) mass is 244 g/mol. The van der Waals surface area contributed by atoms with Crippen LogP contribution in [-0.2, 0) is 11.2 Å². The van der Waals surface area contributed by atoms with Gasteiger partial charge in [0.25, 0.3) is 0 Å². The molecule has 0 saturated heterocycles.